The van der Waals surface area contributed by atoms with Gasteiger partial charge in [0.25, 0.3) is 0 Å². The lowest BCUT2D eigenvalue weighted by Crippen LogP contribution is -2.12. The van der Waals surface area contributed by atoms with Gasteiger partial charge in [-0.05, 0) is 18.6 Å². The minimum atomic E-state index is -1.05. The number of aryl methyl sites for hydroxylation is 1. The summed E-state index contributed by atoms with van der Waals surface area (Å²) in [6.45, 7) is 2.63. The molecule has 0 radical (unpaired) electrons. The molecule has 1 heterocycles. The van der Waals surface area contributed by atoms with Gasteiger partial charge in [-0.3, -0.25) is 4.79 Å². The second-order valence-corrected chi connectivity index (χ2v) is 6.85. The van der Waals surface area contributed by atoms with Crippen LogP contribution in [0.1, 0.15) is 42.1 Å². The Morgan fingerprint density at radius 2 is 1.79 bits per heavy atom. The predicted molar refractivity (Wildman–Crippen MR) is 109 cm³/mol. The van der Waals surface area contributed by atoms with Gasteiger partial charge < -0.3 is 14.4 Å². The highest BCUT2D eigenvalue weighted by molar-refractivity contribution is 6.09. The van der Waals surface area contributed by atoms with Crippen LogP contribution in [0, 0.1) is 0 Å². The number of benzene rings is 2. The van der Waals surface area contributed by atoms with Crippen LogP contribution >= 0.6 is 0 Å². The van der Waals surface area contributed by atoms with Crippen molar-refractivity contribution < 1.29 is 19.4 Å². The fourth-order valence-electron chi connectivity index (χ4n) is 3.38. The van der Waals surface area contributed by atoms with Crippen molar-refractivity contribution in [2.45, 2.75) is 39.2 Å². The van der Waals surface area contributed by atoms with Gasteiger partial charge in [-0.25, -0.2) is 4.79 Å². The molecule has 0 amide bonds. The number of nitrogens with zero attached hydrogens (tertiary/aromatic N) is 1. The maximum absolute atomic E-state index is 13.1. The standard InChI is InChI=1S/C23H25NO4/c1-2-3-8-13-24-15-19(18-10-5-6-11-20(18)24)21(25)14-17-9-4-7-12-22(17)28-16-23(26)27/h4-7,9-12,15H,2-3,8,13-14,16H2,1H3,(H,26,27). The van der Waals surface area contributed by atoms with Crippen LogP contribution in [-0.4, -0.2) is 28.0 Å². The number of carbonyl (C=O) groups excluding carboxylic acids is 1. The first-order chi connectivity index (χ1) is 13.6. The Labute approximate surface area is 164 Å². The number of fused-ring (bicyclic) bond motifs is 1. The van der Waals surface area contributed by atoms with Gasteiger partial charge in [0.2, 0.25) is 0 Å². The fraction of sp³-hybridized carbons (Fsp3) is 0.304. The minimum Gasteiger partial charge on any atom is -0.482 e. The normalized spacial score (nSPS) is 10.9. The van der Waals surface area contributed by atoms with Crippen molar-refractivity contribution in [2.24, 2.45) is 0 Å². The lowest BCUT2D eigenvalue weighted by molar-refractivity contribution is -0.139. The van der Waals surface area contributed by atoms with Crippen LogP contribution in [0.2, 0.25) is 0 Å². The van der Waals surface area contributed by atoms with Crippen LogP contribution in [0.15, 0.2) is 54.7 Å². The molecule has 0 unspecified atom stereocenters. The number of aromatic nitrogens is 1. The molecule has 0 aliphatic carbocycles. The number of hydrogen-bond acceptors (Lipinski definition) is 3. The summed E-state index contributed by atoms with van der Waals surface area (Å²) in [4.78, 5) is 23.9. The quantitative estimate of drug-likeness (QED) is 0.409. The molecule has 1 aromatic heterocycles. The van der Waals surface area contributed by atoms with Gasteiger partial charge in [-0.15, -0.1) is 0 Å². The second-order valence-electron chi connectivity index (χ2n) is 6.85. The number of ketones is 1. The van der Waals surface area contributed by atoms with Crippen LogP contribution in [0.5, 0.6) is 5.75 Å². The van der Waals surface area contributed by atoms with Gasteiger partial charge >= 0.3 is 5.97 Å². The van der Waals surface area contributed by atoms with Gasteiger partial charge in [0.05, 0.1) is 0 Å². The molecular formula is C23H25NO4. The first-order valence-electron chi connectivity index (χ1n) is 9.63. The molecule has 0 spiro atoms. The van der Waals surface area contributed by atoms with Crippen molar-refractivity contribution in [1.29, 1.82) is 0 Å². The van der Waals surface area contributed by atoms with E-state index in [4.69, 9.17) is 9.84 Å². The second kappa shape index (κ2) is 9.22. The maximum Gasteiger partial charge on any atom is 0.341 e. The third-order valence-electron chi connectivity index (χ3n) is 4.77. The Bertz CT molecular complexity index is 974. The van der Waals surface area contributed by atoms with Crippen molar-refractivity contribution in [3.8, 4) is 5.75 Å². The Morgan fingerprint density at radius 3 is 2.57 bits per heavy atom. The number of carboxylic acid groups (broad SMARTS) is 1. The summed E-state index contributed by atoms with van der Waals surface area (Å²) in [6, 6.07) is 15.0. The number of ether oxygens (including phenoxy) is 1. The number of unbranched alkanes of at least 4 members (excludes halogenated alkanes) is 2. The van der Waals surface area contributed by atoms with Gasteiger partial charge in [0, 0.05) is 41.2 Å². The van der Waals surface area contributed by atoms with E-state index in [1.165, 1.54) is 0 Å². The van der Waals surface area contributed by atoms with Crippen molar-refractivity contribution in [3.63, 3.8) is 0 Å². The molecule has 1 N–H and O–H groups in total. The summed E-state index contributed by atoms with van der Waals surface area (Å²) in [6.07, 6.45) is 5.50. The smallest absolute Gasteiger partial charge is 0.341 e. The maximum atomic E-state index is 13.1. The number of carboxylic acids is 1. The van der Waals surface area contributed by atoms with Crippen LogP contribution < -0.4 is 4.74 Å². The number of carbonyl (C=O) groups is 2. The number of hydrogen-bond donors (Lipinski definition) is 1. The summed E-state index contributed by atoms with van der Waals surface area (Å²) in [5, 5.41) is 9.79. The Balaban J connectivity index is 1.85. The highest BCUT2D eigenvalue weighted by Gasteiger charge is 2.17. The topological polar surface area (TPSA) is 68.5 Å². The molecular weight excluding hydrogens is 354 g/mol. The van der Waals surface area contributed by atoms with E-state index in [-0.39, 0.29) is 12.2 Å². The SMILES string of the molecule is CCCCCn1cc(C(=O)Cc2ccccc2OCC(=O)O)c2ccccc21. The van der Waals surface area contributed by atoms with E-state index in [1.54, 1.807) is 18.2 Å². The molecule has 0 atom stereocenters. The van der Waals surface area contributed by atoms with E-state index >= 15 is 0 Å². The van der Waals surface area contributed by atoms with Gasteiger partial charge in [-0.2, -0.15) is 0 Å². The molecule has 2 aromatic carbocycles. The monoisotopic (exact) mass is 379 g/mol. The molecule has 0 fully saturated rings. The Morgan fingerprint density at radius 1 is 1.04 bits per heavy atom. The number of para-hydroxylation sites is 2. The van der Waals surface area contributed by atoms with E-state index in [9.17, 15) is 9.59 Å². The molecule has 0 bridgehead atoms. The molecule has 146 valence electrons. The number of rotatable bonds is 10. The molecule has 5 nitrogen and oxygen atoms in total. The molecule has 3 aromatic rings. The van der Waals surface area contributed by atoms with Crippen LogP contribution in [-0.2, 0) is 17.8 Å². The highest BCUT2D eigenvalue weighted by atomic mass is 16.5. The van der Waals surface area contributed by atoms with Gasteiger partial charge in [-0.1, -0.05) is 56.2 Å². The van der Waals surface area contributed by atoms with E-state index in [1.807, 2.05) is 36.5 Å². The average Bonchev–Trinajstić information content (AvgIpc) is 3.06. The van der Waals surface area contributed by atoms with Crippen LogP contribution in [0.4, 0.5) is 0 Å². The van der Waals surface area contributed by atoms with Crippen LogP contribution in [0.25, 0.3) is 10.9 Å². The Hall–Kier alpha value is -3.08. The summed E-state index contributed by atoms with van der Waals surface area (Å²) < 4.78 is 7.49. The van der Waals surface area contributed by atoms with E-state index in [0.29, 0.717) is 16.9 Å². The largest absolute Gasteiger partial charge is 0.482 e. The van der Waals surface area contributed by atoms with E-state index in [2.05, 4.69) is 11.5 Å². The van der Waals surface area contributed by atoms with Gasteiger partial charge in [0.15, 0.2) is 12.4 Å². The molecule has 0 saturated carbocycles. The zero-order valence-corrected chi connectivity index (χ0v) is 16.1. The molecule has 5 heteroatoms. The van der Waals surface area contributed by atoms with E-state index < -0.39 is 12.6 Å². The first kappa shape index (κ1) is 19.7. The zero-order chi connectivity index (χ0) is 19.9. The Kier molecular flexibility index (Phi) is 6.48. The third kappa shape index (κ3) is 4.60. The number of Topliss-reactive ketones (excluding diaryl/α,β-unsaturated/α-hetero) is 1. The summed E-state index contributed by atoms with van der Waals surface area (Å²) in [7, 11) is 0. The van der Waals surface area contributed by atoms with Crippen molar-refractivity contribution >= 4 is 22.7 Å². The van der Waals surface area contributed by atoms with E-state index in [0.717, 1.165) is 36.7 Å². The summed E-state index contributed by atoms with van der Waals surface area (Å²) >= 11 is 0. The molecule has 0 aliphatic heterocycles. The van der Waals surface area contributed by atoms with Crippen molar-refractivity contribution in [3.05, 3.63) is 65.9 Å². The first-order valence-corrected chi connectivity index (χ1v) is 9.63. The molecule has 3 rings (SSSR count). The predicted octanol–water partition coefficient (Wildman–Crippen LogP) is 4.72. The van der Waals surface area contributed by atoms with Crippen molar-refractivity contribution in [1.82, 2.24) is 4.57 Å². The third-order valence-corrected chi connectivity index (χ3v) is 4.77. The summed E-state index contributed by atoms with van der Waals surface area (Å²) in [5.74, 6) is -0.613. The summed E-state index contributed by atoms with van der Waals surface area (Å²) in [5.41, 5.74) is 2.45. The van der Waals surface area contributed by atoms with Gasteiger partial charge in [0.1, 0.15) is 5.75 Å². The average molecular weight is 379 g/mol. The number of aliphatic carboxylic acids is 1. The molecule has 28 heavy (non-hydrogen) atoms. The zero-order valence-electron chi connectivity index (χ0n) is 16.1. The minimum absolute atomic E-state index is 0.00295. The fourth-order valence-corrected chi connectivity index (χ4v) is 3.38. The molecule has 0 saturated heterocycles. The lowest BCUT2D eigenvalue weighted by Gasteiger charge is -2.09. The molecule has 0 aliphatic rings. The highest BCUT2D eigenvalue weighted by Crippen LogP contribution is 2.26. The van der Waals surface area contributed by atoms with Crippen LogP contribution in [0.3, 0.4) is 0 Å². The lowest BCUT2D eigenvalue weighted by atomic mass is 10.0. The van der Waals surface area contributed by atoms with Crippen molar-refractivity contribution in [2.75, 3.05) is 6.61 Å².